The predicted molar refractivity (Wildman–Crippen MR) is 81.5 cm³/mol. The second kappa shape index (κ2) is 7.33. The van der Waals surface area contributed by atoms with Gasteiger partial charge in [-0.25, -0.2) is 0 Å². The highest BCUT2D eigenvalue weighted by Crippen LogP contribution is 2.24. The van der Waals surface area contributed by atoms with E-state index in [2.05, 4.69) is 29.4 Å². The quantitative estimate of drug-likeness (QED) is 0.781. The molecule has 114 valence electrons. The van der Waals surface area contributed by atoms with Gasteiger partial charge in [0.2, 0.25) is 11.8 Å². The van der Waals surface area contributed by atoms with Crippen molar-refractivity contribution >= 4 is 0 Å². The van der Waals surface area contributed by atoms with Crippen molar-refractivity contribution in [1.82, 2.24) is 15.5 Å². The van der Waals surface area contributed by atoms with Crippen LogP contribution in [0.15, 0.2) is 34.7 Å². The summed E-state index contributed by atoms with van der Waals surface area (Å²) in [6.07, 6.45) is 1.87. The Morgan fingerprint density at radius 1 is 1.14 bits per heavy atom. The van der Waals surface area contributed by atoms with E-state index < -0.39 is 0 Å². The van der Waals surface area contributed by atoms with Crippen molar-refractivity contribution < 1.29 is 9.52 Å². The lowest BCUT2D eigenvalue weighted by Gasteiger charge is -2.29. The normalized spacial score (nSPS) is 11.8. The smallest absolute Gasteiger partial charge is 0.247 e. The molecule has 0 fully saturated rings. The molecule has 0 bridgehead atoms. The van der Waals surface area contributed by atoms with Crippen LogP contribution in [0.5, 0.6) is 0 Å². The zero-order chi connectivity index (χ0) is 15.1. The summed E-state index contributed by atoms with van der Waals surface area (Å²) in [5, 5.41) is 20.9. The van der Waals surface area contributed by atoms with Crippen molar-refractivity contribution in [3.05, 3.63) is 36.2 Å². The second-order valence-corrected chi connectivity index (χ2v) is 5.34. The number of benzene rings is 1. The Morgan fingerprint density at radius 2 is 1.86 bits per heavy atom. The molecule has 2 N–H and O–H groups in total. The van der Waals surface area contributed by atoms with E-state index in [4.69, 9.17) is 4.42 Å². The third-order valence-corrected chi connectivity index (χ3v) is 4.10. The van der Waals surface area contributed by atoms with Crippen molar-refractivity contribution in [2.24, 2.45) is 5.41 Å². The summed E-state index contributed by atoms with van der Waals surface area (Å²) in [5.74, 6) is 1.10. The van der Waals surface area contributed by atoms with E-state index >= 15 is 0 Å². The van der Waals surface area contributed by atoms with E-state index in [1.165, 1.54) is 0 Å². The Morgan fingerprint density at radius 3 is 2.48 bits per heavy atom. The summed E-state index contributed by atoms with van der Waals surface area (Å²) in [4.78, 5) is 0. The second-order valence-electron chi connectivity index (χ2n) is 5.34. The van der Waals surface area contributed by atoms with Crippen LogP contribution >= 0.6 is 0 Å². The number of rotatable bonds is 8. The minimum atomic E-state index is -0.0672. The van der Waals surface area contributed by atoms with E-state index in [0.29, 0.717) is 18.3 Å². The van der Waals surface area contributed by atoms with Crippen molar-refractivity contribution in [1.29, 1.82) is 0 Å². The molecular weight excluding hydrogens is 266 g/mol. The summed E-state index contributed by atoms with van der Waals surface area (Å²) in [7, 11) is 0. The predicted octanol–water partition coefficient (Wildman–Crippen LogP) is 2.62. The first kappa shape index (κ1) is 15.7. The van der Waals surface area contributed by atoms with Gasteiger partial charge in [-0.15, -0.1) is 10.2 Å². The van der Waals surface area contributed by atoms with Crippen molar-refractivity contribution in [3.63, 3.8) is 0 Å². The molecule has 0 aliphatic heterocycles. The van der Waals surface area contributed by atoms with Crippen LogP contribution in [0.2, 0.25) is 0 Å². The standard InChI is InChI=1S/C16H23N3O2/c1-3-16(4-2,12-20)11-17-10-14-18-19-15(21-14)13-8-6-5-7-9-13/h5-9,17,20H,3-4,10-12H2,1-2H3. The molecule has 0 spiro atoms. The molecule has 2 aromatic rings. The molecule has 0 saturated carbocycles. The maximum Gasteiger partial charge on any atom is 0.247 e. The Hall–Kier alpha value is -1.72. The molecule has 5 heteroatoms. The van der Waals surface area contributed by atoms with Crippen LogP contribution in [0.3, 0.4) is 0 Å². The van der Waals surface area contributed by atoms with Gasteiger partial charge >= 0.3 is 0 Å². The van der Waals surface area contributed by atoms with Crippen LogP contribution in [-0.2, 0) is 6.54 Å². The molecular formula is C16H23N3O2. The van der Waals surface area contributed by atoms with Gasteiger partial charge in [-0.05, 0) is 25.0 Å². The molecule has 0 atom stereocenters. The van der Waals surface area contributed by atoms with Crippen LogP contribution in [0, 0.1) is 5.41 Å². The number of hydrogen-bond acceptors (Lipinski definition) is 5. The maximum absolute atomic E-state index is 9.54. The van der Waals surface area contributed by atoms with E-state index in [9.17, 15) is 5.11 Å². The van der Waals surface area contributed by atoms with Crippen molar-refractivity contribution in [2.45, 2.75) is 33.2 Å². The lowest BCUT2D eigenvalue weighted by molar-refractivity contribution is 0.112. The number of hydrogen-bond donors (Lipinski definition) is 2. The van der Waals surface area contributed by atoms with Crippen LogP contribution < -0.4 is 5.32 Å². The highest BCUT2D eigenvalue weighted by Gasteiger charge is 2.24. The van der Waals surface area contributed by atoms with Gasteiger partial charge in [0.1, 0.15) is 0 Å². The first-order valence-corrected chi connectivity index (χ1v) is 7.42. The van der Waals surface area contributed by atoms with Gasteiger partial charge in [-0.1, -0.05) is 32.0 Å². The fraction of sp³-hybridized carbons (Fsp3) is 0.500. The summed E-state index contributed by atoms with van der Waals surface area (Å²) in [6.45, 7) is 5.64. The first-order chi connectivity index (χ1) is 10.2. The Balaban J connectivity index is 1.92. The SMILES string of the molecule is CCC(CC)(CO)CNCc1nnc(-c2ccccc2)o1. The molecule has 0 radical (unpaired) electrons. The van der Waals surface area contributed by atoms with Gasteiger partial charge in [0.15, 0.2) is 0 Å². The average molecular weight is 289 g/mol. The maximum atomic E-state index is 9.54. The topological polar surface area (TPSA) is 71.2 Å². The number of nitrogens with zero attached hydrogens (tertiary/aromatic N) is 2. The third kappa shape index (κ3) is 3.89. The molecule has 2 rings (SSSR count). The molecule has 1 heterocycles. The van der Waals surface area contributed by atoms with Crippen LogP contribution in [0.25, 0.3) is 11.5 Å². The van der Waals surface area contributed by atoms with E-state index in [1.807, 2.05) is 30.3 Å². The van der Waals surface area contributed by atoms with Crippen LogP contribution in [0.4, 0.5) is 0 Å². The van der Waals surface area contributed by atoms with Crippen molar-refractivity contribution in [2.75, 3.05) is 13.2 Å². The molecule has 5 nitrogen and oxygen atoms in total. The number of nitrogens with one attached hydrogen (secondary N) is 1. The Kier molecular flexibility index (Phi) is 5.47. The number of aliphatic hydroxyl groups excluding tert-OH is 1. The fourth-order valence-corrected chi connectivity index (χ4v) is 2.24. The minimum absolute atomic E-state index is 0.0672. The third-order valence-electron chi connectivity index (χ3n) is 4.10. The molecule has 0 aliphatic carbocycles. The van der Waals surface area contributed by atoms with Gasteiger partial charge in [0, 0.05) is 24.1 Å². The average Bonchev–Trinajstić information content (AvgIpc) is 3.02. The van der Waals surface area contributed by atoms with Gasteiger partial charge < -0.3 is 14.8 Å². The first-order valence-electron chi connectivity index (χ1n) is 7.42. The molecule has 1 aromatic carbocycles. The molecule has 0 aliphatic rings. The van der Waals surface area contributed by atoms with Gasteiger partial charge in [0.25, 0.3) is 0 Å². The van der Waals surface area contributed by atoms with Gasteiger partial charge in [0.05, 0.1) is 6.54 Å². The molecule has 21 heavy (non-hydrogen) atoms. The monoisotopic (exact) mass is 289 g/mol. The lowest BCUT2D eigenvalue weighted by atomic mass is 9.83. The molecule has 0 unspecified atom stereocenters. The van der Waals surface area contributed by atoms with E-state index in [-0.39, 0.29) is 12.0 Å². The van der Waals surface area contributed by atoms with Gasteiger partial charge in [-0.3, -0.25) is 0 Å². The summed E-state index contributed by atoms with van der Waals surface area (Å²) in [5.41, 5.74) is 0.852. The highest BCUT2D eigenvalue weighted by molar-refractivity contribution is 5.51. The number of aliphatic hydroxyl groups is 1. The van der Waals surface area contributed by atoms with E-state index in [1.54, 1.807) is 0 Å². The van der Waals surface area contributed by atoms with E-state index in [0.717, 1.165) is 24.9 Å². The Labute approximate surface area is 125 Å². The number of aromatic nitrogens is 2. The van der Waals surface area contributed by atoms with Crippen LogP contribution in [-0.4, -0.2) is 28.5 Å². The van der Waals surface area contributed by atoms with Gasteiger partial charge in [-0.2, -0.15) is 0 Å². The lowest BCUT2D eigenvalue weighted by Crippen LogP contribution is -2.36. The molecule has 1 aromatic heterocycles. The largest absolute Gasteiger partial charge is 0.419 e. The summed E-state index contributed by atoms with van der Waals surface area (Å²) >= 11 is 0. The summed E-state index contributed by atoms with van der Waals surface area (Å²) < 4.78 is 5.64. The zero-order valence-electron chi connectivity index (χ0n) is 12.7. The Bertz CT molecular complexity index is 527. The highest BCUT2D eigenvalue weighted by atomic mass is 16.4. The minimum Gasteiger partial charge on any atom is -0.419 e. The summed E-state index contributed by atoms with van der Waals surface area (Å²) in [6, 6.07) is 9.71. The molecule has 0 amide bonds. The van der Waals surface area contributed by atoms with Crippen LogP contribution in [0.1, 0.15) is 32.6 Å². The zero-order valence-corrected chi connectivity index (χ0v) is 12.7. The van der Waals surface area contributed by atoms with Crippen molar-refractivity contribution in [3.8, 4) is 11.5 Å². The fourth-order valence-electron chi connectivity index (χ4n) is 2.24. The molecule has 0 saturated heterocycles.